The fraction of sp³-hybridized carbons (Fsp3) is 0.762. The van der Waals surface area contributed by atoms with E-state index in [1.165, 1.54) is 18.3 Å². The van der Waals surface area contributed by atoms with Gasteiger partial charge in [0.05, 0.1) is 18.6 Å². The molecule has 3 aliphatic rings. The Balaban J connectivity index is 2.07. The van der Waals surface area contributed by atoms with Crippen molar-refractivity contribution in [2.24, 2.45) is 22.2 Å². The molecule has 3 aliphatic carbocycles. The summed E-state index contributed by atoms with van der Waals surface area (Å²) >= 11 is 0. The topological polar surface area (TPSA) is 46.5 Å². The predicted molar refractivity (Wildman–Crippen MR) is 95.4 cm³/mol. The fourth-order valence-electron chi connectivity index (χ4n) is 5.72. The van der Waals surface area contributed by atoms with E-state index in [2.05, 4.69) is 26.5 Å². The van der Waals surface area contributed by atoms with E-state index in [0.29, 0.717) is 6.42 Å². The van der Waals surface area contributed by atoms with Crippen molar-refractivity contribution in [3.8, 4) is 0 Å². The first-order valence-electron chi connectivity index (χ1n) is 9.33. The summed E-state index contributed by atoms with van der Waals surface area (Å²) in [5, 5.41) is 11.0. The van der Waals surface area contributed by atoms with E-state index < -0.39 is 5.41 Å². The van der Waals surface area contributed by atoms with E-state index in [4.69, 9.17) is 4.74 Å². The summed E-state index contributed by atoms with van der Waals surface area (Å²) in [6.07, 6.45) is 8.38. The van der Waals surface area contributed by atoms with Gasteiger partial charge in [-0.2, -0.15) is 0 Å². The zero-order valence-electron chi connectivity index (χ0n) is 15.7. The monoisotopic (exact) mass is 332 g/mol. The summed E-state index contributed by atoms with van der Waals surface area (Å²) in [5.74, 6) is 0.115. The van der Waals surface area contributed by atoms with Gasteiger partial charge in [-0.1, -0.05) is 31.1 Å². The van der Waals surface area contributed by atoms with Crippen molar-refractivity contribution in [2.45, 2.75) is 71.8 Å². The molecule has 3 heteroatoms. The Labute approximate surface area is 146 Å². The van der Waals surface area contributed by atoms with Crippen LogP contribution in [0.4, 0.5) is 0 Å². The third kappa shape index (κ3) is 2.39. The third-order valence-electron chi connectivity index (χ3n) is 7.55. The smallest absolute Gasteiger partial charge is 0.315 e. The molecule has 0 heterocycles. The zero-order chi connectivity index (χ0) is 17.8. The van der Waals surface area contributed by atoms with Gasteiger partial charge in [0, 0.05) is 0 Å². The van der Waals surface area contributed by atoms with Crippen LogP contribution in [-0.2, 0) is 9.53 Å². The van der Waals surface area contributed by atoms with Crippen molar-refractivity contribution >= 4 is 5.97 Å². The molecule has 5 atom stereocenters. The number of methoxy groups -OCH3 is 1. The molecule has 0 amide bonds. The maximum absolute atomic E-state index is 12.5. The minimum absolute atomic E-state index is 0.00518. The molecule has 1 fully saturated rings. The second-order valence-electron chi connectivity index (χ2n) is 8.99. The maximum Gasteiger partial charge on any atom is 0.315 e. The van der Waals surface area contributed by atoms with Crippen LogP contribution in [0.5, 0.6) is 0 Å². The normalized spacial score (nSPS) is 45.2. The molecule has 3 rings (SSSR count). The average Bonchev–Trinajstić information content (AvgIpc) is 2.57. The number of hydrogen-bond donors (Lipinski definition) is 1. The van der Waals surface area contributed by atoms with E-state index in [1.54, 1.807) is 0 Å². The second-order valence-corrected chi connectivity index (χ2v) is 8.99. The summed E-state index contributed by atoms with van der Waals surface area (Å²) in [7, 11) is 1.47. The molecule has 0 aromatic heterocycles. The largest absolute Gasteiger partial charge is 0.468 e. The minimum atomic E-state index is -0.559. The van der Waals surface area contributed by atoms with Crippen LogP contribution >= 0.6 is 0 Å². The van der Waals surface area contributed by atoms with Crippen LogP contribution in [0.15, 0.2) is 23.8 Å². The zero-order valence-corrected chi connectivity index (χ0v) is 15.7. The second kappa shape index (κ2) is 5.72. The summed E-state index contributed by atoms with van der Waals surface area (Å²) in [4.78, 5) is 12.5. The van der Waals surface area contributed by atoms with Crippen molar-refractivity contribution in [3.63, 3.8) is 0 Å². The highest BCUT2D eigenvalue weighted by molar-refractivity contribution is 5.81. The number of carbonyl (C=O) groups is 1. The molecule has 0 unspecified atom stereocenters. The first-order chi connectivity index (χ1) is 11.2. The van der Waals surface area contributed by atoms with E-state index >= 15 is 0 Å². The van der Waals surface area contributed by atoms with Gasteiger partial charge < -0.3 is 9.84 Å². The fourth-order valence-corrected chi connectivity index (χ4v) is 5.72. The van der Waals surface area contributed by atoms with Crippen molar-refractivity contribution in [2.75, 3.05) is 7.11 Å². The molecule has 0 saturated heterocycles. The van der Waals surface area contributed by atoms with E-state index in [-0.39, 0.29) is 28.8 Å². The molecule has 1 saturated carbocycles. The molecule has 1 N–H and O–H groups in total. The number of carbonyl (C=O) groups excluding carboxylic acids is 1. The van der Waals surface area contributed by atoms with Crippen LogP contribution in [-0.4, -0.2) is 24.3 Å². The van der Waals surface area contributed by atoms with E-state index in [0.717, 1.165) is 38.5 Å². The van der Waals surface area contributed by atoms with Gasteiger partial charge in [0.1, 0.15) is 0 Å². The number of allylic oxidation sites excluding steroid dienone is 2. The lowest BCUT2D eigenvalue weighted by Gasteiger charge is -2.57. The van der Waals surface area contributed by atoms with Crippen molar-refractivity contribution in [1.29, 1.82) is 0 Å². The van der Waals surface area contributed by atoms with Crippen molar-refractivity contribution in [3.05, 3.63) is 23.8 Å². The van der Waals surface area contributed by atoms with Crippen LogP contribution in [0.3, 0.4) is 0 Å². The number of aliphatic hydroxyl groups is 1. The highest BCUT2D eigenvalue weighted by atomic mass is 16.5. The van der Waals surface area contributed by atoms with Crippen LogP contribution in [0.2, 0.25) is 0 Å². The van der Waals surface area contributed by atoms with Crippen LogP contribution < -0.4 is 0 Å². The SMILES string of the molecule is C=C[C@@]1(C)CC[C@@]2(C)C3=C(C[C@H](O)[C@@H]2C1)[C@](C)(C(=O)OC)CCC3. The van der Waals surface area contributed by atoms with Gasteiger partial charge in [-0.15, -0.1) is 6.58 Å². The predicted octanol–water partition coefficient (Wildman–Crippen LogP) is 4.41. The molecule has 0 aliphatic heterocycles. The lowest BCUT2D eigenvalue weighted by molar-refractivity contribution is -0.151. The first kappa shape index (κ1) is 17.7. The molecule has 0 radical (unpaired) electrons. The molecule has 0 spiro atoms. The lowest BCUT2D eigenvalue weighted by atomic mass is 9.48. The van der Waals surface area contributed by atoms with Gasteiger partial charge in [0.15, 0.2) is 0 Å². The summed E-state index contributed by atoms with van der Waals surface area (Å²) in [6, 6.07) is 0. The number of fused-ring (bicyclic) bond motifs is 2. The maximum atomic E-state index is 12.5. The van der Waals surface area contributed by atoms with E-state index in [9.17, 15) is 9.90 Å². The molecular weight excluding hydrogens is 300 g/mol. The Bertz CT molecular complexity index is 592. The minimum Gasteiger partial charge on any atom is -0.468 e. The Morgan fingerprint density at radius 1 is 1.25 bits per heavy atom. The highest BCUT2D eigenvalue weighted by Gasteiger charge is 2.55. The van der Waals surface area contributed by atoms with Gasteiger partial charge in [0.25, 0.3) is 0 Å². The number of ether oxygens (including phenoxy) is 1. The number of esters is 1. The Morgan fingerprint density at radius 3 is 2.58 bits per heavy atom. The molecule has 0 aromatic rings. The lowest BCUT2D eigenvalue weighted by Crippen LogP contribution is -2.51. The Kier molecular flexibility index (Phi) is 4.23. The van der Waals surface area contributed by atoms with Crippen LogP contribution in [0.25, 0.3) is 0 Å². The molecular formula is C21H32O3. The molecule has 24 heavy (non-hydrogen) atoms. The molecule has 3 nitrogen and oxygen atoms in total. The quantitative estimate of drug-likeness (QED) is 0.602. The number of hydrogen-bond acceptors (Lipinski definition) is 3. The Morgan fingerprint density at radius 2 is 1.96 bits per heavy atom. The van der Waals surface area contributed by atoms with Crippen LogP contribution in [0.1, 0.15) is 65.7 Å². The molecule has 0 bridgehead atoms. The van der Waals surface area contributed by atoms with Gasteiger partial charge in [-0.05, 0) is 68.6 Å². The first-order valence-corrected chi connectivity index (χ1v) is 9.33. The van der Waals surface area contributed by atoms with Gasteiger partial charge in [-0.25, -0.2) is 0 Å². The number of aliphatic hydroxyl groups excluding tert-OH is 1. The van der Waals surface area contributed by atoms with Gasteiger partial charge in [-0.3, -0.25) is 4.79 Å². The van der Waals surface area contributed by atoms with Gasteiger partial charge >= 0.3 is 5.97 Å². The standard InChI is InChI=1S/C21H32O3/c1-6-19(2)10-11-20(3)14-8-7-9-21(4,18(23)24-5)15(14)12-17(22)16(20)13-19/h6,16-17,22H,1,7-13H2,2-5H3/t16-,17-,19-,20-,21+/m0/s1. The Hall–Kier alpha value is -1.09. The molecule has 134 valence electrons. The summed E-state index contributed by atoms with van der Waals surface area (Å²) in [5.41, 5.74) is 2.18. The van der Waals surface area contributed by atoms with Crippen molar-refractivity contribution < 1.29 is 14.6 Å². The molecule has 0 aromatic carbocycles. The summed E-state index contributed by atoms with van der Waals surface area (Å²) in [6.45, 7) is 10.6. The van der Waals surface area contributed by atoms with Crippen LogP contribution in [0, 0.1) is 22.2 Å². The average molecular weight is 332 g/mol. The van der Waals surface area contributed by atoms with Crippen molar-refractivity contribution in [1.82, 2.24) is 0 Å². The summed E-state index contributed by atoms with van der Waals surface area (Å²) < 4.78 is 5.13. The highest BCUT2D eigenvalue weighted by Crippen LogP contribution is 2.62. The van der Waals surface area contributed by atoms with Gasteiger partial charge in [0.2, 0.25) is 0 Å². The third-order valence-corrected chi connectivity index (χ3v) is 7.55. The number of rotatable bonds is 2. The van der Waals surface area contributed by atoms with E-state index in [1.807, 2.05) is 6.92 Å².